The van der Waals surface area contributed by atoms with E-state index in [1.54, 1.807) is 6.20 Å². The van der Waals surface area contributed by atoms with Crippen molar-refractivity contribution in [2.75, 3.05) is 32.6 Å². The lowest BCUT2D eigenvalue weighted by molar-refractivity contribution is -0.111. The van der Waals surface area contributed by atoms with Gasteiger partial charge in [0, 0.05) is 40.5 Å². The first kappa shape index (κ1) is 26.2. The van der Waals surface area contributed by atoms with Crippen molar-refractivity contribution in [3.63, 3.8) is 0 Å². The van der Waals surface area contributed by atoms with E-state index in [0.717, 1.165) is 69.1 Å². The van der Waals surface area contributed by atoms with Crippen molar-refractivity contribution in [1.82, 2.24) is 24.6 Å². The van der Waals surface area contributed by atoms with Crippen LogP contribution in [0.5, 0.6) is 5.75 Å². The summed E-state index contributed by atoms with van der Waals surface area (Å²) in [7, 11) is 4.10. The Morgan fingerprint density at radius 2 is 2.03 bits per heavy atom. The van der Waals surface area contributed by atoms with E-state index >= 15 is 0 Å². The van der Waals surface area contributed by atoms with Crippen LogP contribution in [0.1, 0.15) is 25.0 Å². The molecule has 0 spiro atoms. The van der Waals surface area contributed by atoms with Crippen LogP contribution >= 0.6 is 0 Å². The van der Waals surface area contributed by atoms with Gasteiger partial charge in [0.05, 0.1) is 31.2 Å². The lowest BCUT2D eigenvalue weighted by Gasteiger charge is -2.13. The van der Waals surface area contributed by atoms with Crippen molar-refractivity contribution in [2.24, 2.45) is 5.92 Å². The fourth-order valence-electron chi connectivity index (χ4n) is 4.21. The highest BCUT2D eigenvalue weighted by Crippen LogP contribution is 2.42. The van der Waals surface area contributed by atoms with E-state index < -0.39 is 0 Å². The number of amides is 1. The third-order valence-electron chi connectivity index (χ3n) is 6.28. The first-order chi connectivity index (χ1) is 17.7. The maximum absolute atomic E-state index is 12.1. The third kappa shape index (κ3) is 5.75. The van der Waals surface area contributed by atoms with Crippen LogP contribution in [-0.2, 0) is 11.3 Å². The lowest BCUT2D eigenvalue weighted by Crippen LogP contribution is -2.18. The molecule has 0 radical (unpaired) electrons. The quantitative estimate of drug-likeness (QED) is 0.284. The zero-order chi connectivity index (χ0) is 26.7. The molecule has 194 valence electrons. The number of pyridine rings is 1. The van der Waals surface area contributed by atoms with Gasteiger partial charge in [-0.15, -0.1) is 0 Å². The summed E-state index contributed by atoms with van der Waals surface area (Å²) in [6, 6.07) is 6.09. The third-order valence-corrected chi connectivity index (χ3v) is 6.28. The van der Waals surface area contributed by atoms with E-state index in [1.807, 2.05) is 44.0 Å². The summed E-state index contributed by atoms with van der Waals surface area (Å²) in [6.45, 7) is 14.2. The topological polar surface area (TPSA) is 88.1 Å². The predicted molar refractivity (Wildman–Crippen MR) is 150 cm³/mol. The van der Waals surface area contributed by atoms with E-state index in [4.69, 9.17) is 9.72 Å². The number of ether oxygens (including phenoxy) is 1. The Morgan fingerprint density at radius 1 is 1.24 bits per heavy atom. The van der Waals surface area contributed by atoms with Gasteiger partial charge in [0.15, 0.2) is 0 Å². The number of hydrogen-bond donors (Lipinski definition) is 2. The standard InChI is InChI=1S/C29H36N6O2/c1-8-25(36)32-23-13-21(10-9-19(23)4)27-26-20(5)24(37-17-18(2)3)15-30-29(26)33-28(27)22-14-31-35(16-22)12-11-34(6)7/h8-10,13-16,18H,1,11-12,17H2,2-7H3,(H,30,33)(H,32,36). The zero-order valence-corrected chi connectivity index (χ0v) is 22.6. The van der Waals surface area contributed by atoms with Gasteiger partial charge >= 0.3 is 0 Å². The number of hydrogen-bond acceptors (Lipinski definition) is 5. The van der Waals surface area contributed by atoms with Gasteiger partial charge in [-0.1, -0.05) is 32.6 Å². The number of nitrogens with one attached hydrogen (secondary N) is 2. The average Bonchev–Trinajstić information content (AvgIpc) is 3.48. The molecular formula is C29H36N6O2. The highest BCUT2D eigenvalue weighted by atomic mass is 16.5. The largest absolute Gasteiger partial charge is 0.491 e. The highest BCUT2D eigenvalue weighted by molar-refractivity contribution is 6.06. The van der Waals surface area contributed by atoms with Gasteiger partial charge in [-0.3, -0.25) is 9.48 Å². The molecule has 0 saturated carbocycles. The van der Waals surface area contributed by atoms with Crippen LogP contribution in [0.15, 0.2) is 49.4 Å². The smallest absolute Gasteiger partial charge is 0.247 e. The Kier molecular flexibility index (Phi) is 7.78. The molecule has 8 nitrogen and oxygen atoms in total. The first-order valence-electron chi connectivity index (χ1n) is 12.5. The number of carbonyl (C=O) groups excluding carboxylic acids is 1. The molecular weight excluding hydrogens is 464 g/mol. The van der Waals surface area contributed by atoms with Crippen molar-refractivity contribution >= 4 is 22.6 Å². The maximum Gasteiger partial charge on any atom is 0.247 e. The molecule has 0 unspecified atom stereocenters. The fourth-order valence-corrected chi connectivity index (χ4v) is 4.21. The van der Waals surface area contributed by atoms with E-state index in [-0.39, 0.29) is 5.91 Å². The summed E-state index contributed by atoms with van der Waals surface area (Å²) in [4.78, 5) is 22.5. The number of fused-ring (bicyclic) bond motifs is 1. The molecule has 37 heavy (non-hydrogen) atoms. The predicted octanol–water partition coefficient (Wildman–Crippen LogP) is 5.43. The lowest BCUT2D eigenvalue weighted by atomic mass is 9.96. The number of anilines is 1. The minimum atomic E-state index is -0.246. The summed E-state index contributed by atoms with van der Waals surface area (Å²) < 4.78 is 8.07. The summed E-state index contributed by atoms with van der Waals surface area (Å²) in [5, 5.41) is 8.52. The number of benzene rings is 1. The van der Waals surface area contributed by atoms with E-state index in [1.165, 1.54) is 6.08 Å². The summed E-state index contributed by atoms with van der Waals surface area (Å²) in [5.41, 5.74) is 7.34. The molecule has 2 N–H and O–H groups in total. The maximum atomic E-state index is 12.1. The monoisotopic (exact) mass is 500 g/mol. The Labute approximate surface area is 218 Å². The number of carbonyl (C=O) groups is 1. The number of H-pyrrole nitrogens is 1. The van der Waals surface area contributed by atoms with Crippen LogP contribution in [0.3, 0.4) is 0 Å². The number of aromatic nitrogens is 4. The molecule has 3 aromatic heterocycles. The van der Waals surface area contributed by atoms with Crippen molar-refractivity contribution in [3.8, 4) is 28.1 Å². The Balaban J connectivity index is 1.90. The minimum absolute atomic E-state index is 0.246. The van der Waals surface area contributed by atoms with Gasteiger partial charge in [0.2, 0.25) is 5.91 Å². The average molecular weight is 501 g/mol. The van der Waals surface area contributed by atoms with Crippen molar-refractivity contribution < 1.29 is 9.53 Å². The van der Waals surface area contributed by atoms with Crippen LogP contribution in [0, 0.1) is 19.8 Å². The molecule has 1 amide bonds. The second kappa shape index (κ2) is 11.0. The van der Waals surface area contributed by atoms with Crippen molar-refractivity contribution in [1.29, 1.82) is 0 Å². The van der Waals surface area contributed by atoms with Crippen LogP contribution in [0.4, 0.5) is 5.69 Å². The second-order valence-electron chi connectivity index (χ2n) is 10.1. The Morgan fingerprint density at radius 3 is 2.73 bits per heavy atom. The molecule has 3 heterocycles. The van der Waals surface area contributed by atoms with Crippen molar-refractivity contribution in [3.05, 3.63) is 60.6 Å². The van der Waals surface area contributed by atoms with Crippen LogP contribution < -0.4 is 10.1 Å². The van der Waals surface area contributed by atoms with Crippen LogP contribution in [-0.4, -0.2) is 57.8 Å². The molecule has 0 aliphatic rings. The molecule has 0 atom stereocenters. The summed E-state index contributed by atoms with van der Waals surface area (Å²) >= 11 is 0. The molecule has 4 rings (SSSR count). The molecule has 8 heteroatoms. The van der Waals surface area contributed by atoms with Gasteiger partial charge in [-0.05, 0) is 57.1 Å². The van der Waals surface area contributed by atoms with Gasteiger partial charge in [0.1, 0.15) is 11.4 Å². The molecule has 4 aromatic rings. The number of rotatable bonds is 10. The van der Waals surface area contributed by atoms with Crippen LogP contribution in [0.25, 0.3) is 33.4 Å². The number of aryl methyl sites for hydroxylation is 2. The molecule has 0 aliphatic carbocycles. The van der Waals surface area contributed by atoms with Gasteiger partial charge in [-0.25, -0.2) is 4.98 Å². The minimum Gasteiger partial charge on any atom is -0.491 e. The number of aromatic amines is 1. The van der Waals surface area contributed by atoms with Gasteiger partial charge in [-0.2, -0.15) is 5.10 Å². The highest BCUT2D eigenvalue weighted by Gasteiger charge is 2.21. The normalized spacial score (nSPS) is 11.5. The number of likely N-dealkylation sites (N-methyl/N-ethyl adjacent to an activating group) is 1. The summed E-state index contributed by atoms with van der Waals surface area (Å²) in [6.07, 6.45) is 7.00. The van der Waals surface area contributed by atoms with E-state index in [2.05, 4.69) is 59.9 Å². The van der Waals surface area contributed by atoms with Crippen molar-refractivity contribution in [2.45, 2.75) is 34.2 Å². The molecule has 0 aliphatic heterocycles. The molecule has 0 bridgehead atoms. The van der Waals surface area contributed by atoms with E-state index in [0.29, 0.717) is 12.5 Å². The first-order valence-corrected chi connectivity index (χ1v) is 12.5. The Bertz CT molecular complexity index is 1430. The van der Waals surface area contributed by atoms with Gasteiger partial charge < -0.3 is 19.9 Å². The number of nitrogens with zero attached hydrogens (tertiary/aromatic N) is 4. The van der Waals surface area contributed by atoms with Crippen LogP contribution in [0.2, 0.25) is 0 Å². The molecule has 0 fully saturated rings. The molecule has 1 aromatic carbocycles. The van der Waals surface area contributed by atoms with Gasteiger partial charge in [0.25, 0.3) is 0 Å². The SMILES string of the molecule is C=CC(=O)Nc1cc(-c2c(-c3cnn(CCN(C)C)c3)[nH]c3ncc(OCC(C)C)c(C)c23)ccc1C. The second-order valence-corrected chi connectivity index (χ2v) is 10.1. The summed E-state index contributed by atoms with van der Waals surface area (Å²) in [5.74, 6) is 0.920. The molecule has 0 saturated heterocycles. The zero-order valence-electron chi connectivity index (χ0n) is 22.6. The Hall–Kier alpha value is -3.91. The van der Waals surface area contributed by atoms with E-state index in [9.17, 15) is 4.79 Å². The fraction of sp³-hybridized carbons (Fsp3) is 0.345.